The summed E-state index contributed by atoms with van der Waals surface area (Å²) >= 11 is 0. The van der Waals surface area contributed by atoms with Gasteiger partial charge in [-0.05, 0) is 50.8 Å². The molecule has 1 aromatic rings. The van der Waals surface area contributed by atoms with Gasteiger partial charge in [-0.2, -0.15) is 5.10 Å². The Kier molecular flexibility index (Phi) is 3.82. The summed E-state index contributed by atoms with van der Waals surface area (Å²) in [5.74, 6) is 0.463. The van der Waals surface area contributed by atoms with Crippen LogP contribution in [0, 0.1) is 5.92 Å². The zero-order chi connectivity index (χ0) is 13.9. The smallest absolute Gasteiger partial charge is 0.274 e. The summed E-state index contributed by atoms with van der Waals surface area (Å²) in [7, 11) is 0. The van der Waals surface area contributed by atoms with Gasteiger partial charge < -0.3 is 10.2 Å². The average molecular weight is 276 g/mol. The van der Waals surface area contributed by atoms with Crippen LogP contribution in [0.2, 0.25) is 0 Å². The summed E-state index contributed by atoms with van der Waals surface area (Å²) in [6.07, 6.45) is 4.50. The third kappa shape index (κ3) is 3.07. The summed E-state index contributed by atoms with van der Waals surface area (Å²) in [5.41, 5.74) is 0.0521. The van der Waals surface area contributed by atoms with Gasteiger partial charge >= 0.3 is 0 Å². The van der Waals surface area contributed by atoms with Crippen LogP contribution in [0.1, 0.15) is 36.2 Å². The maximum absolute atomic E-state index is 12.5. The highest BCUT2D eigenvalue weighted by molar-refractivity contribution is 5.92. The second-order valence-electron chi connectivity index (χ2n) is 5.71. The maximum atomic E-state index is 12.5. The van der Waals surface area contributed by atoms with Crippen LogP contribution in [-0.2, 0) is 0 Å². The molecule has 1 aliphatic heterocycles. The van der Waals surface area contributed by atoms with Crippen LogP contribution in [0.4, 0.5) is 0 Å². The first-order valence-corrected chi connectivity index (χ1v) is 7.31. The van der Waals surface area contributed by atoms with E-state index in [2.05, 4.69) is 15.5 Å². The van der Waals surface area contributed by atoms with Crippen LogP contribution in [0.3, 0.4) is 0 Å². The molecule has 6 heteroatoms. The van der Waals surface area contributed by atoms with Gasteiger partial charge in [0.1, 0.15) is 5.69 Å². The number of carbonyl (C=O) groups excluding carboxylic acids is 1. The Morgan fingerprint density at radius 1 is 1.35 bits per heavy atom. The molecule has 2 fully saturated rings. The van der Waals surface area contributed by atoms with Gasteiger partial charge in [-0.3, -0.25) is 9.59 Å². The van der Waals surface area contributed by atoms with Crippen LogP contribution in [0.25, 0.3) is 0 Å². The van der Waals surface area contributed by atoms with Crippen molar-refractivity contribution in [1.29, 1.82) is 0 Å². The number of amides is 1. The molecule has 0 spiro atoms. The van der Waals surface area contributed by atoms with E-state index < -0.39 is 0 Å². The number of hydrogen-bond acceptors (Lipinski definition) is 4. The number of H-pyrrole nitrogens is 1. The molecule has 1 atom stereocenters. The van der Waals surface area contributed by atoms with Crippen molar-refractivity contribution < 1.29 is 4.79 Å². The SMILES string of the molecule is O=C(c1ccc(=O)[nH]n1)N(CC1CCCNC1)C1CC1. The zero-order valence-electron chi connectivity index (χ0n) is 11.5. The molecule has 2 aliphatic rings. The summed E-state index contributed by atoms with van der Waals surface area (Å²) in [5, 5.41) is 9.58. The number of nitrogens with one attached hydrogen (secondary N) is 2. The van der Waals surface area contributed by atoms with Gasteiger partial charge in [-0.25, -0.2) is 5.10 Å². The minimum atomic E-state index is -0.281. The Balaban J connectivity index is 1.71. The van der Waals surface area contributed by atoms with Crippen molar-refractivity contribution in [1.82, 2.24) is 20.4 Å². The van der Waals surface area contributed by atoms with E-state index in [4.69, 9.17) is 0 Å². The number of aromatic nitrogens is 2. The molecule has 2 heterocycles. The van der Waals surface area contributed by atoms with Crippen molar-refractivity contribution in [2.24, 2.45) is 5.92 Å². The topological polar surface area (TPSA) is 78.1 Å². The van der Waals surface area contributed by atoms with Gasteiger partial charge in [0.25, 0.3) is 11.5 Å². The number of hydrogen-bond donors (Lipinski definition) is 2. The first kappa shape index (κ1) is 13.3. The van der Waals surface area contributed by atoms with Crippen LogP contribution in [0.5, 0.6) is 0 Å². The molecule has 1 saturated carbocycles. The van der Waals surface area contributed by atoms with Crippen LogP contribution >= 0.6 is 0 Å². The van der Waals surface area contributed by atoms with Crippen LogP contribution in [0.15, 0.2) is 16.9 Å². The standard InChI is InChI=1S/C14H20N4O2/c19-13-6-5-12(16-17-13)14(20)18(11-3-4-11)9-10-2-1-7-15-8-10/h5-6,10-11,15H,1-4,7-9H2,(H,17,19). The molecule has 1 amide bonds. The molecule has 2 N–H and O–H groups in total. The highest BCUT2D eigenvalue weighted by Crippen LogP contribution is 2.29. The Bertz CT molecular complexity index is 512. The highest BCUT2D eigenvalue weighted by atomic mass is 16.2. The second-order valence-corrected chi connectivity index (χ2v) is 5.71. The van der Waals surface area contributed by atoms with E-state index in [0.717, 1.165) is 32.5 Å². The maximum Gasteiger partial charge on any atom is 0.274 e. The Morgan fingerprint density at radius 3 is 2.80 bits per heavy atom. The molecule has 20 heavy (non-hydrogen) atoms. The lowest BCUT2D eigenvalue weighted by Crippen LogP contribution is -2.42. The average Bonchev–Trinajstić information content (AvgIpc) is 3.30. The van der Waals surface area contributed by atoms with E-state index in [1.807, 2.05) is 4.90 Å². The molecular weight excluding hydrogens is 256 g/mol. The number of carbonyl (C=O) groups is 1. The number of piperidine rings is 1. The normalized spacial score (nSPS) is 22.5. The molecule has 1 unspecified atom stereocenters. The van der Waals surface area contributed by atoms with Gasteiger partial charge in [-0.15, -0.1) is 0 Å². The predicted molar refractivity (Wildman–Crippen MR) is 74.5 cm³/mol. The lowest BCUT2D eigenvalue weighted by atomic mass is 9.99. The van der Waals surface area contributed by atoms with E-state index >= 15 is 0 Å². The summed E-state index contributed by atoms with van der Waals surface area (Å²) in [6, 6.07) is 3.22. The van der Waals surface area contributed by atoms with Crippen LogP contribution in [-0.4, -0.2) is 46.7 Å². The molecule has 3 rings (SSSR count). The van der Waals surface area contributed by atoms with Crippen molar-refractivity contribution in [2.45, 2.75) is 31.7 Å². The van der Waals surface area contributed by atoms with E-state index in [9.17, 15) is 9.59 Å². The Labute approximate surface area is 117 Å². The van der Waals surface area contributed by atoms with Gasteiger partial charge in [0.15, 0.2) is 0 Å². The number of nitrogens with zero attached hydrogens (tertiary/aromatic N) is 2. The predicted octanol–water partition coefficient (Wildman–Crippen LogP) is 0.374. The second kappa shape index (κ2) is 5.75. The van der Waals surface area contributed by atoms with Gasteiger partial charge in [-0.1, -0.05) is 0 Å². The molecular formula is C14H20N4O2. The zero-order valence-corrected chi connectivity index (χ0v) is 11.5. The largest absolute Gasteiger partial charge is 0.334 e. The number of aromatic amines is 1. The van der Waals surface area contributed by atoms with Crippen molar-refractivity contribution in [3.8, 4) is 0 Å². The highest BCUT2D eigenvalue weighted by Gasteiger charge is 2.35. The minimum absolute atomic E-state index is 0.0608. The summed E-state index contributed by atoms with van der Waals surface area (Å²) in [6.45, 7) is 2.85. The third-order valence-electron chi connectivity index (χ3n) is 4.00. The molecule has 1 saturated heterocycles. The molecule has 0 bridgehead atoms. The van der Waals surface area contributed by atoms with E-state index in [1.54, 1.807) is 0 Å². The quantitative estimate of drug-likeness (QED) is 0.833. The fraction of sp³-hybridized carbons (Fsp3) is 0.643. The lowest BCUT2D eigenvalue weighted by molar-refractivity contribution is 0.0697. The van der Waals surface area contributed by atoms with Gasteiger partial charge in [0, 0.05) is 18.7 Å². The van der Waals surface area contributed by atoms with Gasteiger partial charge in [0.2, 0.25) is 0 Å². The lowest BCUT2D eigenvalue weighted by Gasteiger charge is -2.30. The summed E-state index contributed by atoms with van der Waals surface area (Å²) in [4.78, 5) is 25.5. The molecule has 0 aromatic carbocycles. The van der Waals surface area contributed by atoms with Crippen molar-refractivity contribution in [3.05, 3.63) is 28.2 Å². The van der Waals surface area contributed by atoms with E-state index in [-0.39, 0.29) is 11.5 Å². The van der Waals surface area contributed by atoms with E-state index in [1.165, 1.54) is 25.0 Å². The molecule has 0 radical (unpaired) electrons. The third-order valence-corrected chi connectivity index (χ3v) is 4.00. The van der Waals surface area contributed by atoms with Crippen molar-refractivity contribution in [2.75, 3.05) is 19.6 Å². The van der Waals surface area contributed by atoms with E-state index in [0.29, 0.717) is 17.7 Å². The molecule has 1 aliphatic carbocycles. The Morgan fingerprint density at radius 2 is 2.20 bits per heavy atom. The molecule has 6 nitrogen and oxygen atoms in total. The Hall–Kier alpha value is -1.69. The molecule has 108 valence electrons. The van der Waals surface area contributed by atoms with Crippen molar-refractivity contribution in [3.63, 3.8) is 0 Å². The van der Waals surface area contributed by atoms with Gasteiger partial charge in [0.05, 0.1) is 0 Å². The van der Waals surface area contributed by atoms with Crippen LogP contribution < -0.4 is 10.9 Å². The molecule has 1 aromatic heterocycles. The monoisotopic (exact) mass is 276 g/mol. The fourth-order valence-electron chi connectivity index (χ4n) is 2.75. The first-order valence-electron chi connectivity index (χ1n) is 7.31. The summed E-state index contributed by atoms with van der Waals surface area (Å²) < 4.78 is 0. The number of rotatable bonds is 4. The minimum Gasteiger partial charge on any atom is -0.334 e. The fourth-order valence-corrected chi connectivity index (χ4v) is 2.75. The van der Waals surface area contributed by atoms with Crippen molar-refractivity contribution >= 4 is 5.91 Å². The first-order chi connectivity index (χ1) is 9.74.